The fourth-order valence-electron chi connectivity index (χ4n) is 4.63. The molecule has 1 aliphatic carbocycles. The van der Waals surface area contributed by atoms with Crippen LogP contribution in [0.3, 0.4) is 0 Å². The van der Waals surface area contributed by atoms with Crippen molar-refractivity contribution < 1.29 is 14.3 Å². The molecular formula is C28H31N3O3. The zero-order chi connectivity index (χ0) is 24.5. The number of ether oxygens (including phenoxy) is 2. The predicted molar refractivity (Wildman–Crippen MR) is 132 cm³/mol. The van der Waals surface area contributed by atoms with E-state index < -0.39 is 5.41 Å². The van der Waals surface area contributed by atoms with Crippen molar-refractivity contribution in [2.75, 3.05) is 0 Å². The molecule has 176 valence electrons. The number of aromatic amines is 1. The Kier molecular flexibility index (Phi) is 6.58. The fraction of sp³-hybridized carbons (Fsp3) is 0.393. The number of nitriles is 1. The molecule has 0 fully saturated rings. The van der Waals surface area contributed by atoms with Gasteiger partial charge in [0.2, 0.25) is 0 Å². The van der Waals surface area contributed by atoms with E-state index >= 15 is 0 Å². The highest BCUT2D eigenvalue weighted by atomic mass is 16.5. The van der Waals surface area contributed by atoms with Crippen LogP contribution < -0.4 is 4.74 Å². The normalized spacial score (nSPS) is 20.7. The number of rotatable bonds is 4. The standard InChI is InChI=1S/C28H31N3O3/c1-17(2)33-24-9-8-23(32)26-21-7-6-19(16-29)15-22(21)31-27(26)28(4,5)18(3)14-25(24)34-20-10-12-30-13-11-20/h6-7,10-13,15,17,24-25,31H,3,8-9,14H2,1-2,4-5H3. The molecule has 0 aliphatic heterocycles. The van der Waals surface area contributed by atoms with Gasteiger partial charge in [0, 0.05) is 52.8 Å². The molecule has 0 bridgehead atoms. The number of ketones is 1. The molecule has 0 spiro atoms. The van der Waals surface area contributed by atoms with E-state index in [-0.39, 0.29) is 24.1 Å². The number of carbonyl (C=O) groups excluding carboxylic acids is 1. The maximum atomic E-state index is 13.6. The van der Waals surface area contributed by atoms with Crippen molar-refractivity contribution >= 4 is 16.7 Å². The summed E-state index contributed by atoms with van der Waals surface area (Å²) in [5, 5.41) is 10.2. The Morgan fingerprint density at radius 1 is 1.21 bits per heavy atom. The van der Waals surface area contributed by atoms with E-state index in [2.05, 4.69) is 36.5 Å². The minimum absolute atomic E-state index is 0.0130. The lowest BCUT2D eigenvalue weighted by Gasteiger charge is -2.35. The fourth-order valence-corrected chi connectivity index (χ4v) is 4.63. The van der Waals surface area contributed by atoms with E-state index in [4.69, 9.17) is 9.47 Å². The first kappa shape index (κ1) is 23.7. The van der Waals surface area contributed by atoms with Crippen molar-refractivity contribution in [1.82, 2.24) is 9.97 Å². The molecule has 1 aliphatic rings. The van der Waals surface area contributed by atoms with Gasteiger partial charge in [0.1, 0.15) is 11.9 Å². The average molecular weight is 458 g/mol. The Balaban J connectivity index is 1.80. The van der Waals surface area contributed by atoms with Crippen LogP contribution in [0.25, 0.3) is 10.9 Å². The smallest absolute Gasteiger partial charge is 0.165 e. The lowest BCUT2D eigenvalue weighted by Crippen LogP contribution is -2.39. The van der Waals surface area contributed by atoms with Crippen molar-refractivity contribution in [3.8, 4) is 11.8 Å². The number of fused-ring (bicyclic) bond motifs is 3. The number of benzene rings is 1. The van der Waals surface area contributed by atoms with Crippen LogP contribution in [0.5, 0.6) is 5.75 Å². The van der Waals surface area contributed by atoms with E-state index in [1.54, 1.807) is 24.5 Å². The maximum Gasteiger partial charge on any atom is 0.165 e. The lowest BCUT2D eigenvalue weighted by atomic mass is 9.75. The number of nitrogens with zero attached hydrogens (tertiary/aromatic N) is 2. The average Bonchev–Trinajstić information content (AvgIpc) is 3.20. The number of Topliss-reactive ketones (excluding diaryl/α,β-unsaturated/α-hetero) is 1. The largest absolute Gasteiger partial charge is 0.487 e. The summed E-state index contributed by atoms with van der Waals surface area (Å²) in [6.07, 6.45) is 4.23. The Bertz CT molecular complexity index is 1250. The van der Waals surface area contributed by atoms with Gasteiger partial charge in [-0.05, 0) is 44.5 Å². The minimum Gasteiger partial charge on any atom is -0.487 e. The van der Waals surface area contributed by atoms with Crippen LogP contribution in [0.15, 0.2) is 54.9 Å². The molecule has 1 aromatic carbocycles. The Labute approximate surface area is 200 Å². The molecule has 34 heavy (non-hydrogen) atoms. The summed E-state index contributed by atoms with van der Waals surface area (Å²) in [7, 11) is 0. The predicted octanol–water partition coefficient (Wildman–Crippen LogP) is 5.88. The summed E-state index contributed by atoms with van der Waals surface area (Å²) in [5.74, 6) is 0.760. The molecule has 1 N–H and O–H groups in total. The van der Waals surface area contributed by atoms with Crippen molar-refractivity contribution in [2.45, 2.75) is 70.7 Å². The topological polar surface area (TPSA) is 88.0 Å². The molecule has 6 nitrogen and oxygen atoms in total. The van der Waals surface area contributed by atoms with Gasteiger partial charge < -0.3 is 14.5 Å². The Morgan fingerprint density at radius 2 is 1.94 bits per heavy atom. The zero-order valence-electron chi connectivity index (χ0n) is 20.2. The zero-order valence-corrected chi connectivity index (χ0v) is 20.2. The number of aromatic nitrogens is 2. The Morgan fingerprint density at radius 3 is 2.62 bits per heavy atom. The molecule has 4 rings (SSSR count). The third-order valence-corrected chi connectivity index (χ3v) is 6.62. The van der Waals surface area contributed by atoms with E-state index in [0.717, 1.165) is 22.2 Å². The monoisotopic (exact) mass is 457 g/mol. The quantitative estimate of drug-likeness (QED) is 0.495. The second-order valence-electron chi connectivity index (χ2n) is 9.70. The molecular weight excluding hydrogens is 426 g/mol. The van der Waals surface area contributed by atoms with E-state index in [1.165, 1.54) is 0 Å². The summed E-state index contributed by atoms with van der Waals surface area (Å²) in [6, 6.07) is 11.3. The first-order valence-corrected chi connectivity index (χ1v) is 11.7. The summed E-state index contributed by atoms with van der Waals surface area (Å²) >= 11 is 0. The van der Waals surface area contributed by atoms with Gasteiger partial charge in [-0.3, -0.25) is 9.78 Å². The highest BCUT2D eigenvalue weighted by molar-refractivity contribution is 6.10. The van der Waals surface area contributed by atoms with Gasteiger partial charge in [-0.15, -0.1) is 0 Å². The van der Waals surface area contributed by atoms with Gasteiger partial charge in [0.05, 0.1) is 23.8 Å². The van der Waals surface area contributed by atoms with Crippen LogP contribution in [0, 0.1) is 11.3 Å². The lowest BCUT2D eigenvalue weighted by molar-refractivity contribution is -0.0593. The van der Waals surface area contributed by atoms with Crippen molar-refractivity contribution in [3.05, 3.63) is 71.7 Å². The summed E-state index contributed by atoms with van der Waals surface area (Å²) < 4.78 is 12.7. The van der Waals surface area contributed by atoms with Crippen LogP contribution in [0.4, 0.5) is 0 Å². The maximum absolute atomic E-state index is 13.6. The van der Waals surface area contributed by atoms with Gasteiger partial charge >= 0.3 is 0 Å². The van der Waals surface area contributed by atoms with Crippen molar-refractivity contribution in [1.29, 1.82) is 5.26 Å². The molecule has 6 heteroatoms. The first-order chi connectivity index (χ1) is 16.2. The molecule has 2 atom stereocenters. The van der Waals surface area contributed by atoms with Gasteiger partial charge in [-0.1, -0.05) is 32.1 Å². The van der Waals surface area contributed by atoms with Crippen LogP contribution in [0.2, 0.25) is 0 Å². The van der Waals surface area contributed by atoms with Crippen molar-refractivity contribution in [2.24, 2.45) is 0 Å². The number of pyridine rings is 1. The molecule has 3 aromatic rings. The van der Waals surface area contributed by atoms with Crippen molar-refractivity contribution in [3.63, 3.8) is 0 Å². The van der Waals surface area contributed by atoms with Gasteiger partial charge in [-0.25, -0.2) is 0 Å². The van der Waals surface area contributed by atoms with Crippen LogP contribution in [-0.2, 0) is 10.2 Å². The summed E-state index contributed by atoms with van der Waals surface area (Å²) in [5.41, 5.74) is 3.26. The molecule has 2 aromatic heterocycles. The third-order valence-electron chi connectivity index (χ3n) is 6.62. The highest BCUT2D eigenvalue weighted by Crippen LogP contribution is 2.40. The van der Waals surface area contributed by atoms with Gasteiger partial charge in [0.25, 0.3) is 0 Å². The molecule has 0 saturated carbocycles. The Hall–Kier alpha value is -3.43. The van der Waals surface area contributed by atoms with E-state index in [9.17, 15) is 10.1 Å². The number of nitrogens with one attached hydrogen (secondary N) is 1. The third kappa shape index (κ3) is 4.62. The molecule has 2 heterocycles. The number of hydrogen-bond donors (Lipinski definition) is 1. The molecule has 0 amide bonds. The molecule has 2 unspecified atom stereocenters. The number of carbonyl (C=O) groups is 1. The SMILES string of the molecule is C=C1CC(Oc2ccncc2)C(OC(C)C)CCC(=O)c2c([nH]c3cc(C#N)ccc23)C1(C)C. The van der Waals surface area contributed by atoms with Gasteiger partial charge in [0.15, 0.2) is 5.78 Å². The van der Waals surface area contributed by atoms with Crippen LogP contribution in [0.1, 0.15) is 68.6 Å². The minimum atomic E-state index is -0.531. The second kappa shape index (κ2) is 9.44. The van der Waals surface area contributed by atoms with Crippen LogP contribution >= 0.6 is 0 Å². The molecule has 0 radical (unpaired) electrons. The summed E-state index contributed by atoms with van der Waals surface area (Å²) in [4.78, 5) is 21.2. The summed E-state index contributed by atoms with van der Waals surface area (Å²) in [6.45, 7) is 12.6. The molecule has 0 saturated heterocycles. The van der Waals surface area contributed by atoms with E-state index in [0.29, 0.717) is 36.1 Å². The highest BCUT2D eigenvalue weighted by Gasteiger charge is 2.37. The second-order valence-corrected chi connectivity index (χ2v) is 9.70. The van der Waals surface area contributed by atoms with Gasteiger partial charge in [-0.2, -0.15) is 5.26 Å². The van der Waals surface area contributed by atoms with E-state index in [1.807, 2.05) is 32.0 Å². The first-order valence-electron chi connectivity index (χ1n) is 11.7. The number of H-pyrrole nitrogens is 1. The number of hydrogen-bond acceptors (Lipinski definition) is 5. The van der Waals surface area contributed by atoms with Crippen LogP contribution in [-0.4, -0.2) is 34.1 Å².